The van der Waals surface area contributed by atoms with E-state index in [0.717, 1.165) is 13.0 Å². The molecule has 1 aliphatic carbocycles. The van der Waals surface area contributed by atoms with Crippen LogP contribution in [0, 0.1) is 0 Å². The van der Waals surface area contributed by atoms with E-state index in [2.05, 4.69) is 12.2 Å². The summed E-state index contributed by atoms with van der Waals surface area (Å²) in [5.74, 6) is 1.26. The molecule has 0 aromatic rings. The summed E-state index contributed by atoms with van der Waals surface area (Å²) in [4.78, 5) is 0. The van der Waals surface area contributed by atoms with Gasteiger partial charge in [0.1, 0.15) is 0 Å². The lowest BCUT2D eigenvalue weighted by atomic mass is 9.99. The van der Waals surface area contributed by atoms with E-state index in [9.17, 15) is 0 Å². The Balaban J connectivity index is 2.23. The van der Waals surface area contributed by atoms with E-state index in [1.165, 1.54) is 30.6 Å². The van der Waals surface area contributed by atoms with E-state index in [4.69, 9.17) is 4.74 Å². The molecule has 0 radical (unpaired) electrons. The van der Waals surface area contributed by atoms with Crippen molar-refractivity contribution in [3.63, 3.8) is 0 Å². The minimum Gasteiger partial charge on any atom is -0.498 e. The van der Waals surface area contributed by atoms with Gasteiger partial charge in [0.2, 0.25) is 0 Å². The SMILES string of the molecule is C1=CC2=C(CC1)OCCC2. The minimum atomic E-state index is 0.937. The Hall–Kier alpha value is -0.720. The Labute approximate surface area is 61.4 Å². The highest BCUT2D eigenvalue weighted by Crippen LogP contribution is 2.27. The molecule has 10 heavy (non-hydrogen) atoms. The summed E-state index contributed by atoms with van der Waals surface area (Å²) < 4.78 is 5.51. The molecule has 0 unspecified atom stereocenters. The van der Waals surface area contributed by atoms with Gasteiger partial charge in [0, 0.05) is 6.42 Å². The van der Waals surface area contributed by atoms with E-state index in [0.29, 0.717) is 0 Å². The van der Waals surface area contributed by atoms with Gasteiger partial charge in [0.15, 0.2) is 0 Å². The molecule has 2 aliphatic rings. The first kappa shape index (κ1) is 6.02. The maximum absolute atomic E-state index is 5.51. The van der Waals surface area contributed by atoms with Crippen molar-refractivity contribution in [2.75, 3.05) is 6.61 Å². The monoisotopic (exact) mass is 136 g/mol. The minimum absolute atomic E-state index is 0.937. The second-order valence-corrected chi connectivity index (χ2v) is 2.84. The van der Waals surface area contributed by atoms with Crippen LogP contribution in [0.3, 0.4) is 0 Å². The highest BCUT2D eigenvalue weighted by atomic mass is 16.5. The van der Waals surface area contributed by atoms with Crippen LogP contribution in [0.15, 0.2) is 23.5 Å². The molecule has 0 atom stereocenters. The highest BCUT2D eigenvalue weighted by Gasteiger charge is 2.13. The molecular formula is C9H12O. The van der Waals surface area contributed by atoms with Gasteiger partial charge in [-0.1, -0.05) is 12.2 Å². The molecular weight excluding hydrogens is 124 g/mol. The van der Waals surface area contributed by atoms with Crippen molar-refractivity contribution >= 4 is 0 Å². The second-order valence-electron chi connectivity index (χ2n) is 2.84. The summed E-state index contributed by atoms with van der Waals surface area (Å²) in [6.45, 7) is 0.937. The van der Waals surface area contributed by atoms with Crippen LogP contribution in [0.2, 0.25) is 0 Å². The average molecular weight is 136 g/mol. The number of hydrogen-bond acceptors (Lipinski definition) is 1. The smallest absolute Gasteiger partial charge is 0.0994 e. The van der Waals surface area contributed by atoms with Crippen LogP contribution in [0.5, 0.6) is 0 Å². The van der Waals surface area contributed by atoms with Gasteiger partial charge >= 0.3 is 0 Å². The molecule has 1 nitrogen and oxygen atoms in total. The lowest BCUT2D eigenvalue weighted by molar-refractivity contribution is 0.178. The standard InChI is InChI=1S/C9H12O/c1-2-6-9-8(4-1)5-3-7-10-9/h1,4H,2-3,5-7H2. The highest BCUT2D eigenvalue weighted by molar-refractivity contribution is 5.27. The van der Waals surface area contributed by atoms with Crippen molar-refractivity contribution in [1.29, 1.82) is 0 Å². The van der Waals surface area contributed by atoms with Crippen LogP contribution in [-0.2, 0) is 4.74 Å². The van der Waals surface area contributed by atoms with Crippen molar-refractivity contribution in [3.05, 3.63) is 23.5 Å². The molecule has 1 heterocycles. The van der Waals surface area contributed by atoms with Crippen molar-refractivity contribution in [1.82, 2.24) is 0 Å². The first-order valence-electron chi connectivity index (χ1n) is 3.98. The van der Waals surface area contributed by atoms with E-state index >= 15 is 0 Å². The second kappa shape index (κ2) is 2.49. The molecule has 0 aromatic heterocycles. The molecule has 0 fully saturated rings. The molecule has 1 heteroatoms. The summed E-state index contributed by atoms with van der Waals surface area (Å²) >= 11 is 0. The van der Waals surface area contributed by atoms with Crippen molar-refractivity contribution in [2.45, 2.75) is 25.7 Å². The largest absolute Gasteiger partial charge is 0.498 e. The van der Waals surface area contributed by atoms with Crippen LogP contribution in [0.1, 0.15) is 25.7 Å². The van der Waals surface area contributed by atoms with Crippen LogP contribution < -0.4 is 0 Å². The zero-order valence-corrected chi connectivity index (χ0v) is 6.10. The molecule has 0 N–H and O–H groups in total. The predicted molar refractivity (Wildman–Crippen MR) is 40.6 cm³/mol. The maximum atomic E-state index is 5.51. The maximum Gasteiger partial charge on any atom is 0.0994 e. The van der Waals surface area contributed by atoms with Crippen molar-refractivity contribution in [2.24, 2.45) is 0 Å². The van der Waals surface area contributed by atoms with Gasteiger partial charge in [-0.25, -0.2) is 0 Å². The summed E-state index contributed by atoms with van der Waals surface area (Å²) in [5.41, 5.74) is 1.44. The first-order valence-corrected chi connectivity index (χ1v) is 3.98. The van der Waals surface area contributed by atoms with Gasteiger partial charge in [0.25, 0.3) is 0 Å². The van der Waals surface area contributed by atoms with Gasteiger partial charge in [-0.2, -0.15) is 0 Å². The topological polar surface area (TPSA) is 9.23 Å². The van der Waals surface area contributed by atoms with E-state index < -0.39 is 0 Å². The average Bonchev–Trinajstić information content (AvgIpc) is 2.05. The summed E-state index contributed by atoms with van der Waals surface area (Å²) in [5, 5.41) is 0. The van der Waals surface area contributed by atoms with E-state index in [1.54, 1.807) is 0 Å². The third-order valence-corrected chi connectivity index (χ3v) is 2.08. The van der Waals surface area contributed by atoms with Crippen LogP contribution in [0.25, 0.3) is 0 Å². The Morgan fingerprint density at radius 3 is 3.20 bits per heavy atom. The Bertz CT molecular complexity index is 189. The quantitative estimate of drug-likeness (QED) is 0.497. The molecule has 0 amide bonds. The molecule has 54 valence electrons. The van der Waals surface area contributed by atoms with Gasteiger partial charge in [-0.05, 0) is 24.8 Å². The summed E-state index contributed by atoms with van der Waals surface area (Å²) in [6.07, 6.45) is 9.19. The van der Waals surface area contributed by atoms with E-state index in [-0.39, 0.29) is 0 Å². The van der Waals surface area contributed by atoms with E-state index in [1.807, 2.05) is 0 Å². The summed E-state index contributed by atoms with van der Waals surface area (Å²) in [6, 6.07) is 0. The molecule has 0 saturated heterocycles. The predicted octanol–water partition coefficient (Wildman–Crippen LogP) is 2.40. The first-order chi connectivity index (χ1) is 4.97. The molecule has 2 rings (SSSR count). The lowest BCUT2D eigenvalue weighted by Crippen LogP contribution is -2.07. The fraction of sp³-hybridized carbons (Fsp3) is 0.556. The van der Waals surface area contributed by atoms with Crippen LogP contribution in [-0.4, -0.2) is 6.61 Å². The number of rotatable bonds is 0. The number of allylic oxidation sites excluding steroid dienone is 4. The number of hydrogen-bond donors (Lipinski definition) is 0. The van der Waals surface area contributed by atoms with Crippen molar-refractivity contribution < 1.29 is 4.74 Å². The Morgan fingerprint density at radius 1 is 1.30 bits per heavy atom. The Kier molecular flexibility index (Phi) is 1.50. The zero-order chi connectivity index (χ0) is 6.81. The number of ether oxygens (including phenoxy) is 1. The van der Waals surface area contributed by atoms with Crippen LogP contribution >= 0.6 is 0 Å². The van der Waals surface area contributed by atoms with Crippen molar-refractivity contribution in [3.8, 4) is 0 Å². The van der Waals surface area contributed by atoms with Gasteiger partial charge in [-0.15, -0.1) is 0 Å². The normalized spacial score (nSPS) is 24.0. The lowest BCUT2D eigenvalue weighted by Gasteiger charge is -2.21. The zero-order valence-electron chi connectivity index (χ0n) is 6.10. The fourth-order valence-corrected chi connectivity index (χ4v) is 1.54. The van der Waals surface area contributed by atoms with Gasteiger partial charge in [-0.3, -0.25) is 0 Å². The Morgan fingerprint density at radius 2 is 2.30 bits per heavy atom. The van der Waals surface area contributed by atoms with Gasteiger partial charge < -0.3 is 4.74 Å². The molecule has 0 spiro atoms. The molecule has 0 bridgehead atoms. The molecule has 1 aliphatic heterocycles. The van der Waals surface area contributed by atoms with Gasteiger partial charge in [0.05, 0.1) is 12.4 Å². The summed E-state index contributed by atoms with van der Waals surface area (Å²) in [7, 11) is 0. The molecule has 0 aromatic carbocycles. The molecule has 0 saturated carbocycles. The fourth-order valence-electron chi connectivity index (χ4n) is 1.54. The van der Waals surface area contributed by atoms with Crippen LogP contribution in [0.4, 0.5) is 0 Å². The third-order valence-electron chi connectivity index (χ3n) is 2.08. The third kappa shape index (κ3) is 0.962.